The number of ketones is 2. The predicted molar refractivity (Wildman–Crippen MR) is 57.4 cm³/mol. The van der Waals surface area contributed by atoms with Gasteiger partial charge in [0.15, 0.2) is 0 Å². The van der Waals surface area contributed by atoms with Crippen molar-refractivity contribution >= 4 is 11.6 Å². The second kappa shape index (κ2) is 5.10. The molecule has 0 heterocycles. The molecule has 1 unspecified atom stereocenters. The van der Waals surface area contributed by atoms with Crippen molar-refractivity contribution in [2.24, 2.45) is 5.41 Å². The third-order valence-electron chi connectivity index (χ3n) is 3.04. The highest BCUT2D eigenvalue weighted by Gasteiger charge is 2.44. The van der Waals surface area contributed by atoms with Gasteiger partial charge < -0.3 is 4.74 Å². The summed E-state index contributed by atoms with van der Waals surface area (Å²) in [7, 11) is 0. The van der Waals surface area contributed by atoms with Gasteiger partial charge in [0.05, 0.1) is 18.3 Å². The minimum Gasteiger partial charge on any atom is -0.502 e. The summed E-state index contributed by atoms with van der Waals surface area (Å²) >= 11 is 0. The zero-order valence-corrected chi connectivity index (χ0v) is 9.41. The summed E-state index contributed by atoms with van der Waals surface area (Å²) < 4.78 is 5.05. The van der Waals surface area contributed by atoms with Crippen LogP contribution in [0.4, 0.5) is 0 Å². The van der Waals surface area contributed by atoms with E-state index >= 15 is 0 Å². The van der Waals surface area contributed by atoms with Crippen LogP contribution in [0.15, 0.2) is 12.3 Å². The zero-order valence-electron chi connectivity index (χ0n) is 9.41. The third kappa shape index (κ3) is 2.46. The fourth-order valence-electron chi connectivity index (χ4n) is 2.07. The average Bonchev–Trinajstić information content (AvgIpc) is 2.56. The number of rotatable bonds is 5. The first-order chi connectivity index (χ1) is 7.13. The molecule has 15 heavy (non-hydrogen) atoms. The van der Waals surface area contributed by atoms with Crippen molar-refractivity contribution in [3.8, 4) is 0 Å². The van der Waals surface area contributed by atoms with Crippen LogP contribution in [0.2, 0.25) is 0 Å². The first-order valence-corrected chi connectivity index (χ1v) is 5.44. The Morgan fingerprint density at radius 1 is 1.60 bits per heavy atom. The molecule has 0 N–H and O–H groups in total. The predicted octanol–water partition coefficient (Wildman–Crippen LogP) is 2.26. The summed E-state index contributed by atoms with van der Waals surface area (Å²) in [5, 5.41) is 0. The number of allylic oxidation sites excluding steroid dienone is 1. The SMILES string of the molecule is CCO/C=C/CC1(C(C)=O)CCCC1=O. The molecule has 1 aliphatic rings. The lowest BCUT2D eigenvalue weighted by atomic mass is 9.78. The van der Waals surface area contributed by atoms with Crippen molar-refractivity contribution < 1.29 is 14.3 Å². The van der Waals surface area contributed by atoms with Gasteiger partial charge in [0, 0.05) is 6.42 Å². The van der Waals surface area contributed by atoms with Crippen molar-refractivity contribution in [1.82, 2.24) is 0 Å². The molecule has 1 atom stereocenters. The standard InChI is InChI=1S/C12H18O3/c1-3-15-9-5-8-12(10(2)13)7-4-6-11(12)14/h5,9H,3-4,6-8H2,1-2H3/b9-5+. The minimum absolute atomic E-state index is 0.00820. The summed E-state index contributed by atoms with van der Waals surface area (Å²) in [4.78, 5) is 23.3. The van der Waals surface area contributed by atoms with Crippen molar-refractivity contribution in [2.45, 2.75) is 39.5 Å². The van der Waals surface area contributed by atoms with Gasteiger partial charge in [0.25, 0.3) is 0 Å². The molecule has 0 aromatic rings. The van der Waals surface area contributed by atoms with E-state index in [0.717, 1.165) is 6.42 Å². The molecule has 1 saturated carbocycles. The van der Waals surface area contributed by atoms with Gasteiger partial charge in [-0.2, -0.15) is 0 Å². The average molecular weight is 210 g/mol. The van der Waals surface area contributed by atoms with E-state index < -0.39 is 5.41 Å². The van der Waals surface area contributed by atoms with E-state index in [1.54, 1.807) is 12.3 Å². The Bertz CT molecular complexity index is 281. The van der Waals surface area contributed by atoms with Crippen LogP contribution in [0, 0.1) is 5.41 Å². The van der Waals surface area contributed by atoms with Crippen molar-refractivity contribution in [3.05, 3.63) is 12.3 Å². The van der Waals surface area contributed by atoms with E-state index in [0.29, 0.717) is 25.9 Å². The number of ether oxygens (including phenoxy) is 1. The van der Waals surface area contributed by atoms with Crippen LogP contribution in [0.5, 0.6) is 0 Å². The molecule has 84 valence electrons. The topological polar surface area (TPSA) is 43.4 Å². The first-order valence-electron chi connectivity index (χ1n) is 5.44. The fraction of sp³-hybridized carbons (Fsp3) is 0.667. The van der Waals surface area contributed by atoms with Crippen LogP contribution < -0.4 is 0 Å². The maximum absolute atomic E-state index is 11.7. The van der Waals surface area contributed by atoms with Crippen molar-refractivity contribution in [3.63, 3.8) is 0 Å². The zero-order chi connectivity index (χ0) is 11.3. The summed E-state index contributed by atoms with van der Waals surface area (Å²) in [5.41, 5.74) is -0.742. The molecule has 0 bridgehead atoms. The van der Waals surface area contributed by atoms with Crippen LogP contribution in [0.1, 0.15) is 39.5 Å². The highest BCUT2D eigenvalue weighted by atomic mass is 16.5. The van der Waals surface area contributed by atoms with E-state index in [1.165, 1.54) is 6.92 Å². The molecular weight excluding hydrogens is 192 g/mol. The number of Topliss-reactive ketones (excluding diaryl/α,β-unsaturated/α-hetero) is 2. The minimum atomic E-state index is -0.742. The Hall–Kier alpha value is -1.12. The third-order valence-corrected chi connectivity index (χ3v) is 3.04. The summed E-state index contributed by atoms with van der Waals surface area (Å²) in [5.74, 6) is 0.0855. The van der Waals surface area contributed by atoms with Gasteiger partial charge in [-0.05, 0) is 39.2 Å². The largest absolute Gasteiger partial charge is 0.502 e. The molecule has 0 radical (unpaired) electrons. The first kappa shape index (κ1) is 12.0. The van der Waals surface area contributed by atoms with E-state index in [2.05, 4.69) is 0 Å². The van der Waals surface area contributed by atoms with Gasteiger partial charge in [-0.1, -0.05) is 0 Å². The maximum atomic E-state index is 11.7. The maximum Gasteiger partial charge on any atom is 0.146 e. The van der Waals surface area contributed by atoms with Crippen LogP contribution in [-0.4, -0.2) is 18.2 Å². The second-order valence-electron chi connectivity index (χ2n) is 3.95. The number of hydrogen-bond acceptors (Lipinski definition) is 3. The monoisotopic (exact) mass is 210 g/mol. The lowest BCUT2D eigenvalue weighted by molar-refractivity contribution is -0.137. The molecule has 0 saturated heterocycles. The normalized spacial score (nSPS) is 26.1. The van der Waals surface area contributed by atoms with E-state index in [-0.39, 0.29) is 11.6 Å². The highest BCUT2D eigenvalue weighted by molar-refractivity contribution is 6.07. The van der Waals surface area contributed by atoms with Gasteiger partial charge in [-0.15, -0.1) is 0 Å². The molecule has 0 aliphatic heterocycles. The van der Waals surface area contributed by atoms with E-state index in [1.807, 2.05) is 6.92 Å². The summed E-state index contributed by atoms with van der Waals surface area (Å²) in [6.07, 6.45) is 5.92. The smallest absolute Gasteiger partial charge is 0.146 e. The van der Waals surface area contributed by atoms with E-state index in [9.17, 15) is 9.59 Å². The Labute approximate surface area is 90.5 Å². The van der Waals surface area contributed by atoms with Crippen molar-refractivity contribution in [1.29, 1.82) is 0 Å². The van der Waals surface area contributed by atoms with Gasteiger partial charge in [-0.25, -0.2) is 0 Å². The molecule has 0 spiro atoms. The Balaban J connectivity index is 2.67. The highest BCUT2D eigenvalue weighted by Crippen LogP contribution is 2.39. The van der Waals surface area contributed by atoms with Crippen LogP contribution in [-0.2, 0) is 14.3 Å². The van der Waals surface area contributed by atoms with Crippen molar-refractivity contribution in [2.75, 3.05) is 6.61 Å². The molecule has 0 aromatic heterocycles. The Morgan fingerprint density at radius 2 is 2.33 bits per heavy atom. The molecular formula is C12H18O3. The van der Waals surface area contributed by atoms with Crippen LogP contribution >= 0.6 is 0 Å². The molecule has 1 aliphatic carbocycles. The van der Waals surface area contributed by atoms with Crippen LogP contribution in [0.3, 0.4) is 0 Å². The molecule has 1 rings (SSSR count). The number of carbonyl (C=O) groups excluding carboxylic acids is 2. The second-order valence-corrected chi connectivity index (χ2v) is 3.95. The van der Waals surface area contributed by atoms with E-state index in [4.69, 9.17) is 4.74 Å². The Kier molecular flexibility index (Phi) is 4.06. The summed E-state index contributed by atoms with van der Waals surface area (Å²) in [6, 6.07) is 0. The molecule has 3 heteroatoms. The van der Waals surface area contributed by atoms with Gasteiger partial charge in [0.2, 0.25) is 0 Å². The van der Waals surface area contributed by atoms with Gasteiger partial charge in [0.1, 0.15) is 11.6 Å². The molecule has 1 fully saturated rings. The lowest BCUT2D eigenvalue weighted by Gasteiger charge is -2.21. The molecule has 0 amide bonds. The summed E-state index contributed by atoms with van der Waals surface area (Å²) in [6.45, 7) is 4.01. The number of hydrogen-bond donors (Lipinski definition) is 0. The molecule has 3 nitrogen and oxygen atoms in total. The number of carbonyl (C=O) groups is 2. The van der Waals surface area contributed by atoms with Crippen LogP contribution in [0.25, 0.3) is 0 Å². The lowest BCUT2D eigenvalue weighted by Crippen LogP contribution is -2.32. The van der Waals surface area contributed by atoms with Gasteiger partial charge >= 0.3 is 0 Å². The van der Waals surface area contributed by atoms with Gasteiger partial charge in [-0.3, -0.25) is 9.59 Å². The quantitative estimate of drug-likeness (QED) is 0.516. The molecule has 0 aromatic carbocycles. The fourth-order valence-corrected chi connectivity index (χ4v) is 2.07. The Morgan fingerprint density at radius 3 is 2.80 bits per heavy atom.